The molecule has 166 valence electrons. The molecule has 0 N–H and O–H groups in total. The van der Waals surface area contributed by atoms with Crippen LogP contribution in [0.5, 0.6) is 5.75 Å². The lowest BCUT2D eigenvalue weighted by Gasteiger charge is -2.29. The fourth-order valence-corrected chi connectivity index (χ4v) is 5.05. The molecule has 2 amide bonds. The number of amides is 2. The van der Waals surface area contributed by atoms with E-state index in [1.807, 2.05) is 48.5 Å². The third-order valence-electron chi connectivity index (χ3n) is 6.69. The molecule has 2 aromatic carbocycles. The third kappa shape index (κ3) is 3.53. The molecule has 0 saturated carbocycles. The fraction of sp³-hybridized carbons (Fsp3) is 0.385. The van der Waals surface area contributed by atoms with Gasteiger partial charge in [0.2, 0.25) is 0 Å². The maximum absolute atomic E-state index is 13.7. The molecular formula is C26H29N3O3. The van der Waals surface area contributed by atoms with Crippen molar-refractivity contribution in [1.29, 1.82) is 0 Å². The number of nitrogens with zero attached hydrogens (tertiary/aromatic N) is 3. The van der Waals surface area contributed by atoms with Gasteiger partial charge in [0.1, 0.15) is 11.4 Å². The normalized spacial score (nSPS) is 19.3. The van der Waals surface area contributed by atoms with Crippen LogP contribution in [-0.2, 0) is 9.59 Å². The summed E-state index contributed by atoms with van der Waals surface area (Å²) in [6.07, 6.45) is 5.60. The van der Waals surface area contributed by atoms with Crippen LogP contribution in [0.4, 0.5) is 11.4 Å². The van der Waals surface area contributed by atoms with Gasteiger partial charge in [-0.05, 0) is 62.4 Å². The second-order valence-corrected chi connectivity index (χ2v) is 8.63. The smallest absolute Gasteiger partial charge is 0.282 e. The second kappa shape index (κ2) is 8.69. The summed E-state index contributed by atoms with van der Waals surface area (Å²) in [6.45, 7) is 3.68. The molecule has 0 atom stereocenters. The van der Waals surface area contributed by atoms with Gasteiger partial charge in [0, 0.05) is 37.4 Å². The van der Waals surface area contributed by atoms with Crippen molar-refractivity contribution in [2.45, 2.75) is 32.1 Å². The van der Waals surface area contributed by atoms with Crippen molar-refractivity contribution in [3.05, 3.63) is 59.8 Å². The third-order valence-corrected chi connectivity index (χ3v) is 6.69. The Bertz CT molecular complexity index is 1050. The fourth-order valence-electron chi connectivity index (χ4n) is 5.05. The van der Waals surface area contributed by atoms with E-state index in [1.54, 1.807) is 7.11 Å². The Morgan fingerprint density at radius 2 is 1.28 bits per heavy atom. The summed E-state index contributed by atoms with van der Waals surface area (Å²) in [5, 5.41) is 0. The SMILES string of the molecule is COc1ccccc1C1=C(N2CCCCC2)C(=O)N(c2ccc(N3CCCC3)cc2)C1=O. The minimum Gasteiger partial charge on any atom is -0.496 e. The number of anilines is 2. The summed E-state index contributed by atoms with van der Waals surface area (Å²) in [6, 6.07) is 15.3. The van der Waals surface area contributed by atoms with E-state index in [9.17, 15) is 9.59 Å². The van der Waals surface area contributed by atoms with Gasteiger partial charge in [-0.3, -0.25) is 9.59 Å². The Balaban J connectivity index is 1.54. The molecule has 6 heteroatoms. The van der Waals surface area contributed by atoms with Crippen molar-refractivity contribution >= 4 is 28.8 Å². The van der Waals surface area contributed by atoms with Gasteiger partial charge in [0.15, 0.2) is 0 Å². The van der Waals surface area contributed by atoms with Gasteiger partial charge < -0.3 is 14.5 Å². The minimum absolute atomic E-state index is 0.244. The first-order chi connectivity index (χ1) is 15.7. The van der Waals surface area contributed by atoms with Crippen LogP contribution in [0.1, 0.15) is 37.7 Å². The molecule has 2 saturated heterocycles. The van der Waals surface area contributed by atoms with Crippen LogP contribution >= 0.6 is 0 Å². The van der Waals surface area contributed by atoms with Gasteiger partial charge in [-0.25, -0.2) is 4.90 Å². The van der Waals surface area contributed by atoms with Crippen molar-refractivity contribution in [1.82, 2.24) is 4.90 Å². The number of imide groups is 1. The number of piperidine rings is 1. The molecule has 6 nitrogen and oxygen atoms in total. The van der Waals surface area contributed by atoms with Crippen LogP contribution < -0.4 is 14.5 Å². The maximum Gasteiger partial charge on any atom is 0.282 e. The Morgan fingerprint density at radius 3 is 1.97 bits per heavy atom. The van der Waals surface area contributed by atoms with E-state index in [1.165, 1.54) is 17.7 Å². The lowest BCUT2D eigenvalue weighted by Crippen LogP contribution is -2.37. The molecular weight excluding hydrogens is 402 g/mol. The first kappa shape index (κ1) is 20.6. The molecule has 3 heterocycles. The van der Waals surface area contributed by atoms with E-state index in [4.69, 9.17) is 4.74 Å². The van der Waals surface area contributed by atoms with Gasteiger partial charge in [0.05, 0.1) is 18.4 Å². The number of carbonyl (C=O) groups excluding carboxylic acids is 2. The molecule has 2 aromatic rings. The van der Waals surface area contributed by atoms with Crippen molar-refractivity contribution in [3.8, 4) is 5.75 Å². The predicted molar refractivity (Wildman–Crippen MR) is 126 cm³/mol. The van der Waals surface area contributed by atoms with Crippen LogP contribution in [-0.4, -0.2) is 50.0 Å². The topological polar surface area (TPSA) is 53.1 Å². The highest BCUT2D eigenvalue weighted by atomic mass is 16.5. The summed E-state index contributed by atoms with van der Waals surface area (Å²) < 4.78 is 5.55. The number of ether oxygens (including phenoxy) is 1. The molecule has 3 aliphatic rings. The highest BCUT2D eigenvalue weighted by Crippen LogP contribution is 2.39. The van der Waals surface area contributed by atoms with E-state index >= 15 is 0 Å². The standard InChI is InChI=1S/C26H29N3O3/c1-32-22-10-4-3-9-21(22)23-24(28-17-5-2-6-18-28)26(31)29(25(23)30)20-13-11-19(12-14-20)27-15-7-8-16-27/h3-4,9-14H,2,5-8,15-18H2,1H3. The predicted octanol–water partition coefficient (Wildman–Crippen LogP) is 4.07. The largest absolute Gasteiger partial charge is 0.496 e. The minimum atomic E-state index is -0.283. The van der Waals surface area contributed by atoms with Crippen molar-refractivity contribution in [2.75, 3.05) is 43.1 Å². The van der Waals surface area contributed by atoms with E-state index in [0.29, 0.717) is 28.3 Å². The first-order valence-corrected chi connectivity index (χ1v) is 11.6. The maximum atomic E-state index is 13.7. The highest BCUT2D eigenvalue weighted by molar-refractivity contribution is 6.45. The Morgan fingerprint density at radius 1 is 0.688 bits per heavy atom. The molecule has 0 aliphatic carbocycles. The summed E-state index contributed by atoms with van der Waals surface area (Å²) in [5.74, 6) is 0.0742. The zero-order valence-corrected chi connectivity index (χ0v) is 18.5. The number of likely N-dealkylation sites (tertiary alicyclic amines) is 1. The molecule has 2 fully saturated rings. The molecule has 0 aromatic heterocycles. The van der Waals surface area contributed by atoms with Gasteiger partial charge in [0.25, 0.3) is 11.8 Å². The first-order valence-electron chi connectivity index (χ1n) is 11.6. The van der Waals surface area contributed by atoms with Crippen LogP contribution in [0.2, 0.25) is 0 Å². The summed E-state index contributed by atoms with van der Waals surface area (Å²) >= 11 is 0. The highest BCUT2D eigenvalue weighted by Gasteiger charge is 2.43. The summed E-state index contributed by atoms with van der Waals surface area (Å²) in [5.41, 5.74) is 3.37. The zero-order chi connectivity index (χ0) is 22.1. The van der Waals surface area contributed by atoms with Crippen molar-refractivity contribution in [3.63, 3.8) is 0 Å². The number of hydrogen-bond acceptors (Lipinski definition) is 5. The van der Waals surface area contributed by atoms with E-state index in [-0.39, 0.29) is 11.8 Å². The molecule has 3 aliphatic heterocycles. The number of benzene rings is 2. The Hall–Kier alpha value is -3.28. The number of hydrogen-bond donors (Lipinski definition) is 0. The quantitative estimate of drug-likeness (QED) is 0.668. The van der Waals surface area contributed by atoms with Crippen LogP contribution in [0.25, 0.3) is 5.57 Å². The average molecular weight is 432 g/mol. The molecule has 32 heavy (non-hydrogen) atoms. The molecule has 0 spiro atoms. The summed E-state index contributed by atoms with van der Waals surface area (Å²) in [7, 11) is 1.59. The number of para-hydroxylation sites is 1. The van der Waals surface area contributed by atoms with Gasteiger partial charge in [-0.1, -0.05) is 18.2 Å². The van der Waals surface area contributed by atoms with Crippen molar-refractivity contribution < 1.29 is 14.3 Å². The lowest BCUT2D eigenvalue weighted by atomic mass is 10.0. The van der Waals surface area contributed by atoms with Gasteiger partial charge >= 0.3 is 0 Å². The monoisotopic (exact) mass is 431 g/mol. The van der Waals surface area contributed by atoms with Crippen LogP contribution in [0, 0.1) is 0 Å². The molecule has 0 bridgehead atoms. The van der Waals surface area contributed by atoms with Gasteiger partial charge in [-0.2, -0.15) is 0 Å². The molecule has 0 unspecified atom stereocenters. The number of rotatable bonds is 5. The van der Waals surface area contributed by atoms with E-state index in [2.05, 4.69) is 9.80 Å². The lowest BCUT2D eigenvalue weighted by molar-refractivity contribution is -0.120. The molecule has 5 rings (SSSR count). The number of carbonyl (C=O) groups is 2. The van der Waals surface area contributed by atoms with Crippen LogP contribution in [0.3, 0.4) is 0 Å². The van der Waals surface area contributed by atoms with Crippen molar-refractivity contribution in [2.24, 2.45) is 0 Å². The zero-order valence-electron chi connectivity index (χ0n) is 18.5. The van der Waals surface area contributed by atoms with E-state index < -0.39 is 0 Å². The van der Waals surface area contributed by atoms with E-state index in [0.717, 1.165) is 51.1 Å². The van der Waals surface area contributed by atoms with Crippen LogP contribution in [0.15, 0.2) is 54.2 Å². The average Bonchev–Trinajstić information content (AvgIpc) is 3.46. The Labute approximate surface area is 189 Å². The van der Waals surface area contributed by atoms with Gasteiger partial charge in [-0.15, -0.1) is 0 Å². The number of methoxy groups -OCH3 is 1. The molecule has 0 radical (unpaired) electrons. The Kier molecular flexibility index (Phi) is 5.60. The summed E-state index contributed by atoms with van der Waals surface area (Å²) in [4.78, 5) is 33.2. The second-order valence-electron chi connectivity index (χ2n) is 8.63.